The molecule has 41 heavy (non-hydrogen) atoms. The quantitative estimate of drug-likeness (QED) is 0.335. The Morgan fingerprint density at radius 3 is 2.12 bits per heavy atom. The van der Waals surface area contributed by atoms with Crippen molar-refractivity contribution in [1.82, 2.24) is 10.2 Å². The zero-order valence-electron chi connectivity index (χ0n) is 24.8. The third-order valence-electron chi connectivity index (χ3n) is 6.32. The van der Waals surface area contributed by atoms with Crippen LogP contribution in [0.3, 0.4) is 0 Å². The second-order valence-electron chi connectivity index (χ2n) is 11.2. The molecule has 0 unspecified atom stereocenters. The van der Waals surface area contributed by atoms with Gasteiger partial charge in [-0.15, -0.1) is 0 Å². The molecule has 0 radical (unpaired) electrons. The highest BCUT2D eigenvalue weighted by atomic mass is 32.2. The smallest absolute Gasteiger partial charge is 0.244 e. The van der Waals surface area contributed by atoms with E-state index in [0.717, 1.165) is 27.3 Å². The Bertz CT molecular complexity index is 1420. The highest BCUT2D eigenvalue weighted by Gasteiger charge is 2.34. The fourth-order valence-corrected chi connectivity index (χ4v) is 5.35. The Labute approximate surface area is 244 Å². The Hall–Kier alpha value is -3.85. The lowest BCUT2D eigenvalue weighted by atomic mass is 10.0. The van der Waals surface area contributed by atoms with E-state index in [1.54, 1.807) is 24.3 Å². The van der Waals surface area contributed by atoms with Crippen molar-refractivity contribution < 1.29 is 22.7 Å². The van der Waals surface area contributed by atoms with Gasteiger partial charge in [0.2, 0.25) is 21.8 Å². The lowest BCUT2D eigenvalue weighted by Crippen LogP contribution is -2.56. The maximum absolute atomic E-state index is 14.1. The number of carbonyl (C=O) groups is 2. The molecule has 0 aliphatic carbocycles. The van der Waals surface area contributed by atoms with E-state index in [4.69, 9.17) is 4.74 Å². The molecule has 0 heterocycles. The minimum atomic E-state index is -3.84. The summed E-state index contributed by atoms with van der Waals surface area (Å²) in [7, 11) is -3.84. The van der Waals surface area contributed by atoms with Crippen molar-refractivity contribution in [1.29, 1.82) is 0 Å². The topological polar surface area (TPSA) is 96.0 Å². The number of carbonyl (C=O) groups excluding carboxylic acids is 2. The van der Waals surface area contributed by atoms with Gasteiger partial charge < -0.3 is 15.0 Å². The first-order valence-electron chi connectivity index (χ1n) is 13.7. The van der Waals surface area contributed by atoms with E-state index in [1.807, 2.05) is 89.2 Å². The number of rotatable bonds is 12. The minimum Gasteiger partial charge on any atom is -0.494 e. The number of hydrogen-bond acceptors (Lipinski definition) is 5. The Morgan fingerprint density at radius 1 is 0.927 bits per heavy atom. The molecule has 0 aliphatic rings. The Morgan fingerprint density at radius 2 is 1.56 bits per heavy atom. The molecule has 0 spiro atoms. The molecule has 0 aromatic heterocycles. The van der Waals surface area contributed by atoms with Crippen molar-refractivity contribution in [2.75, 3.05) is 23.7 Å². The van der Waals surface area contributed by atoms with Crippen LogP contribution in [0.5, 0.6) is 5.75 Å². The van der Waals surface area contributed by atoms with E-state index in [-0.39, 0.29) is 18.9 Å². The molecular weight excluding hydrogens is 538 g/mol. The first-order chi connectivity index (χ1) is 19.3. The van der Waals surface area contributed by atoms with Crippen LogP contribution in [0.15, 0.2) is 78.9 Å². The number of nitrogens with zero attached hydrogens (tertiary/aromatic N) is 2. The molecule has 0 fully saturated rings. The van der Waals surface area contributed by atoms with Crippen LogP contribution in [-0.4, -0.2) is 56.1 Å². The zero-order chi connectivity index (χ0) is 30.2. The lowest BCUT2D eigenvalue weighted by molar-refractivity contribution is -0.140. The molecule has 0 aliphatic heterocycles. The van der Waals surface area contributed by atoms with Gasteiger partial charge in [0.15, 0.2) is 0 Å². The van der Waals surface area contributed by atoms with E-state index >= 15 is 0 Å². The first kappa shape index (κ1) is 31.7. The molecule has 3 rings (SSSR count). The van der Waals surface area contributed by atoms with Gasteiger partial charge in [0.05, 0.1) is 18.6 Å². The molecule has 0 saturated heterocycles. The van der Waals surface area contributed by atoms with Gasteiger partial charge in [0, 0.05) is 18.5 Å². The minimum absolute atomic E-state index is 0.135. The van der Waals surface area contributed by atoms with Crippen LogP contribution in [0.1, 0.15) is 44.4 Å². The van der Waals surface area contributed by atoms with Crippen LogP contribution in [0, 0.1) is 6.92 Å². The molecule has 1 atom stereocenters. The monoisotopic (exact) mass is 579 g/mol. The largest absolute Gasteiger partial charge is 0.494 e. The van der Waals surface area contributed by atoms with Gasteiger partial charge in [-0.25, -0.2) is 8.42 Å². The fourth-order valence-electron chi connectivity index (χ4n) is 4.50. The number of hydrogen-bond donors (Lipinski definition) is 1. The van der Waals surface area contributed by atoms with Crippen LogP contribution >= 0.6 is 0 Å². The van der Waals surface area contributed by atoms with Crippen molar-refractivity contribution >= 4 is 27.5 Å². The van der Waals surface area contributed by atoms with Gasteiger partial charge in [-0.1, -0.05) is 60.2 Å². The van der Waals surface area contributed by atoms with Crippen molar-refractivity contribution in [2.24, 2.45) is 0 Å². The highest BCUT2D eigenvalue weighted by molar-refractivity contribution is 7.92. The van der Waals surface area contributed by atoms with E-state index in [0.29, 0.717) is 18.0 Å². The van der Waals surface area contributed by atoms with E-state index < -0.39 is 34.1 Å². The average molecular weight is 580 g/mol. The third-order valence-corrected chi connectivity index (χ3v) is 7.46. The maximum Gasteiger partial charge on any atom is 0.244 e. The molecule has 9 heteroatoms. The van der Waals surface area contributed by atoms with Gasteiger partial charge >= 0.3 is 0 Å². The van der Waals surface area contributed by atoms with E-state index in [1.165, 1.54) is 4.90 Å². The number of sulfonamides is 1. The van der Waals surface area contributed by atoms with Gasteiger partial charge in [-0.2, -0.15) is 0 Å². The molecule has 0 bridgehead atoms. The number of ether oxygens (including phenoxy) is 1. The van der Waals surface area contributed by atoms with Crippen LogP contribution in [0.2, 0.25) is 0 Å². The van der Waals surface area contributed by atoms with Crippen molar-refractivity contribution in [3.05, 3.63) is 95.6 Å². The van der Waals surface area contributed by atoms with Crippen LogP contribution < -0.4 is 14.4 Å². The molecule has 1 N–H and O–H groups in total. The second kappa shape index (κ2) is 13.7. The number of anilines is 1. The Kier molecular flexibility index (Phi) is 10.6. The van der Waals surface area contributed by atoms with Crippen molar-refractivity contribution in [2.45, 2.75) is 59.2 Å². The van der Waals surface area contributed by atoms with E-state index in [2.05, 4.69) is 5.32 Å². The van der Waals surface area contributed by atoms with E-state index in [9.17, 15) is 18.0 Å². The second-order valence-corrected chi connectivity index (χ2v) is 13.1. The summed E-state index contributed by atoms with van der Waals surface area (Å²) in [6, 6.07) is 22.9. The van der Waals surface area contributed by atoms with Crippen LogP contribution in [0.4, 0.5) is 5.69 Å². The summed E-state index contributed by atoms with van der Waals surface area (Å²) in [5.74, 6) is -0.205. The highest BCUT2D eigenvalue weighted by Crippen LogP contribution is 2.23. The summed E-state index contributed by atoms with van der Waals surface area (Å²) in [6.07, 6.45) is 1.33. The number of nitrogens with one attached hydrogen (secondary N) is 1. The van der Waals surface area contributed by atoms with Crippen LogP contribution in [0.25, 0.3) is 0 Å². The predicted molar refractivity (Wildman–Crippen MR) is 163 cm³/mol. The summed E-state index contributed by atoms with van der Waals surface area (Å²) >= 11 is 0. The van der Waals surface area contributed by atoms with Gasteiger partial charge in [0.25, 0.3) is 0 Å². The van der Waals surface area contributed by atoms with Gasteiger partial charge in [0.1, 0.15) is 18.3 Å². The number of benzene rings is 3. The molecule has 3 aromatic carbocycles. The molecule has 220 valence electrons. The normalized spacial score (nSPS) is 12.3. The maximum atomic E-state index is 14.1. The molecule has 8 nitrogen and oxygen atoms in total. The molecule has 0 saturated carbocycles. The summed E-state index contributed by atoms with van der Waals surface area (Å²) in [5.41, 5.74) is 2.53. The SMILES string of the molecule is CCOc1ccc(N(CC(=O)N(Cc2cccc(C)c2)[C@@H](Cc2ccccc2)C(=O)NC(C)(C)C)S(C)(=O)=O)cc1. The summed E-state index contributed by atoms with van der Waals surface area (Å²) in [5, 5.41) is 3.03. The van der Waals surface area contributed by atoms with Crippen LogP contribution in [-0.2, 0) is 32.6 Å². The van der Waals surface area contributed by atoms with Gasteiger partial charge in [-0.05, 0) is 70.0 Å². The summed E-state index contributed by atoms with van der Waals surface area (Å²) < 4.78 is 32.4. The number of amides is 2. The first-order valence-corrected chi connectivity index (χ1v) is 15.5. The molecule has 3 aromatic rings. The predicted octanol–water partition coefficient (Wildman–Crippen LogP) is 4.71. The zero-order valence-corrected chi connectivity index (χ0v) is 25.6. The lowest BCUT2D eigenvalue weighted by Gasteiger charge is -2.35. The average Bonchev–Trinajstić information content (AvgIpc) is 2.89. The molecule has 2 amide bonds. The summed E-state index contributed by atoms with van der Waals surface area (Å²) in [4.78, 5) is 29.4. The third kappa shape index (κ3) is 9.63. The van der Waals surface area contributed by atoms with Crippen molar-refractivity contribution in [3.63, 3.8) is 0 Å². The fraction of sp³-hybridized carbons (Fsp3) is 0.375. The van der Waals surface area contributed by atoms with Crippen molar-refractivity contribution in [3.8, 4) is 5.75 Å². The standard InChI is InChI=1S/C32H41N3O5S/c1-7-40-28-18-16-27(17-19-28)35(41(6,38)39)23-30(36)34(22-26-15-11-12-24(2)20-26)29(31(37)33-32(3,4)5)21-25-13-9-8-10-14-25/h8-20,29H,7,21-23H2,1-6H3,(H,33,37)/t29-/m0/s1. The Balaban J connectivity index is 2.05. The number of aryl methyl sites for hydroxylation is 1. The molecular formula is C32H41N3O5S. The summed E-state index contributed by atoms with van der Waals surface area (Å²) in [6.45, 7) is 9.61. The van der Waals surface area contributed by atoms with Gasteiger partial charge in [-0.3, -0.25) is 13.9 Å².